The Morgan fingerprint density at radius 1 is 0.500 bits per heavy atom. The van der Waals surface area contributed by atoms with Gasteiger partial charge in [0.1, 0.15) is 0 Å². The normalized spacial score (nSPS) is 68.3. The first-order valence-corrected chi connectivity index (χ1v) is 8.72. The molecule has 0 heterocycles. The smallest absolute Gasteiger partial charge is 0.0321 e. The van der Waals surface area contributed by atoms with Gasteiger partial charge in [-0.2, -0.15) is 0 Å². The molecule has 5 fully saturated rings. The summed E-state index contributed by atoms with van der Waals surface area (Å²) in [5, 5.41) is 0. The second-order valence-electron chi connectivity index (χ2n) is 8.95. The van der Waals surface area contributed by atoms with E-state index in [4.69, 9.17) is 0 Å². The van der Waals surface area contributed by atoms with Gasteiger partial charge in [-0.1, -0.05) is 13.8 Å². The van der Waals surface area contributed by atoms with Gasteiger partial charge in [0.15, 0.2) is 0 Å². The van der Waals surface area contributed by atoms with Crippen LogP contribution in [0.5, 0.6) is 0 Å². The Morgan fingerprint density at radius 2 is 1.00 bits per heavy atom. The first kappa shape index (κ1) is 10.7. The molecule has 5 saturated carbocycles. The number of hydrogen-bond donors (Lipinski definition) is 0. The first-order valence-electron chi connectivity index (χ1n) is 8.72. The molecule has 8 atom stereocenters. The van der Waals surface area contributed by atoms with Gasteiger partial charge in [-0.3, -0.25) is 0 Å². The summed E-state index contributed by atoms with van der Waals surface area (Å²) < 4.78 is 0. The van der Waals surface area contributed by atoms with Crippen LogP contribution >= 0.6 is 0 Å². The minimum absolute atomic E-state index is 1.05. The van der Waals surface area contributed by atoms with Crippen LogP contribution in [0.2, 0.25) is 0 Å². The zero-order chi connectivity index (χ0) is 12.0. The van der Waals surface area contributed by atoms with E-state index in [1.165, 1.54) is 35.5 Å². The molecule has 100 valence electrons. The summed E-state index contributed by atoms with van der Waals surface area (Å²) in [5.41, 5.74) is 0. The van der Waals surface area contributed by atoms with Crippen LogP contribution in [-0.2, 0) is 0 Å². The van der Waals surface area contributed by atoms with Crippen LogP contribution in [0.25, 0.3) is 0 Å². The second-order valence-corrected chi connectivity index (χ2v) is 8.95. The largest absolute Gasteiger partial charge is 0.0625 e. The third kappa shape index (κ3) is 1.15. The van der Waals surface area contributed by atoms with Crippen molar-refractivity contribution in [1.29, 1.82) is 0 Å². The highest BCUT2D eigenvalue weighted by atomic mass is 14.7. The molecule has 5 aliphatic carbocycles. The monoisotopic (exact) mass is 244 g/mol. The average Bonchev–Trinajstić information content (AvgIpc) is 2.98. The molecule has 18 heavy (non-hydrogen) atoms. The molecule has 8 unspecified atom stereocenters. The Balaban J connectivity index is 1.51. The topological polar surface area (TPSA) is 0 Å². The van der Waals surface area contributed by atoms with Gasteiger partial charge < -0.3 is 0 Å². The van der Waals surface area contributed by atoms with Gasteiger partial charge in [0.2, 0.25) is 0 Å². The van der Waals surface area contributed by atoms with Crippen LogP contribution in [0.4, 0.5) is 0 Å². The molecule has 5 aliphatic rings. The maximum atomic E-state index is 2.53. The van der Waals surface area contributed by atoms with Gasteiger partial charge >= 0.3 is 0 Å². The van der Waals surface area contributed by atoms with Gasteiger partial charge in [-0.15, -0.1) is 0 Å². The van der Waals surface area contributed by atoms with Gasteiger partial charge in [0.05, 0.1) is 0 Å². The summed E-state index contributed by atoms with van der Waals surface area (Å²) in [7, 11) is 0. The molecule has 0 amide bonds. The van der Waals surface area contributed by atoms with Crippen molar-refractivity contribution in [2.75, 3.05) is 0 Å². The highest BCUT2D eigenvalue weighted by Gasteiger charge is 2.65. The van der Waals surface area contributed by atoms with Crippen molar-refractivity contribution < 1.29 is 0 Å². The zero-order valence-electron chi connectivity index (χ0n) is 12.0. The number of hydrogen-bond acceptors (Lipinski definition) is 0. The minimum Gasteiger partial charge on any atom is -0.0625 e. The molecule has 5 rings (SSSR count). The molecule has 0 aromatic carbocycles. The van der Waals surface area contributed by atoms with E-state index in [2.05, 4.69) is 13.8 Å². The van der Waals surface area contributed by atoms with Crippen LogP contribution in [0.3, 0.4) is 0 Å². The van der Waals surface area contributed by atoms with E-state index in [0.717, 1.165) is 23.7 Å². The first-order chi connectivity index (χ1) is 8.72. The highest BCUT2D eigenvalue weighted by Crippen LogP contribution is 2.72. The maximum absolute atomic E-state index is 2.53. The van der Waals surface area contributed by atoms with Crippen molar-refractivity contribution in [3.8, 4) is 0 Å². The molecule has 4 bridgehead atoms. The van der Waals surface area contributed by atoms with Crippen molar-refractivity contribution in [2.45, 2.75) is 52.4 Å². The fourth-order valence-electron chi connectivity index (χ4n) is 8.15. The number of rotatable bonds is 0. The van der Waals surface area contributed by atoms with Crippen LogP contribution in [-0.4, -0.2) is 0 Å². The molecule has 0 heteroatoms. The lowest BCUT2D eigenvalue weighted by Gasteiger charge is -2.37. The van der Waals surface area contributed by atoms with E-state index in [-0.39, 0.29) is 0 Å². The van der Waals surface area contributed by atoms with Crippen molar-refractivity contribution in [3.63, 3.8) is 0 Å². The van der Waals surface area contributed by atoms with Gasteiger partial charge in [-0.05, 0) is 97.7 Å². The summed E-state index contributed by atoms with van der Waals surface area (Å²) in [6, 6.07) is 0. The lowest BCUT2D eigenvalue weighted by molar-refractivity contribution is 0.104. The van der Waals surface area contributed by atoms with E-state index >= 15 is 0 Å². The van der Waals surface area contributed by atoms with Crippen molar-refractivity contribution >= 4 is 0 Å². The fraction of sp³-hybridized carbons (Fsp3) is 1.00. The van der Waals surface area contributed by atoms with Crippen LogP contribution in [0.1, 0.15) is 52.4 Å². The second kappa shape index (κ2) is 3.36. The van der Waals surface area contributed by atoms with E-state index in [9.17, 15) is 0 Å². The summed E-state index contributed by atoms with van der Waals surface area (Å²) in [6.07, 6.45) is 9.69. The maximum Gasteiger partial charge on any atom is -0.0321 e. The Kier molecular flexibility index (Phi) is 2.01. The summed E-state index contributed by atoms with van der Waals surface area (Å²) in [6.45, 7) is 5.06. The Morgan fingerprint density at radius 3 is 1.56 bits per heavy atom. The lowest BCUT2D eigenvalue weighted by Crippen LogP contribution is -2.32. The number of fused-ring (bicyclic) bond motifs is 12. The van der Waals surface area contributed by atoms with Crippen LogP contribution < -0.4 is 0 Å². The SMILES string of the molecule is CC1CC2CC(C1)C1C3CC(C4CC(C)CC43)C21. The third-order valence-corrected chi connectivity index (χ3v) is 8.08. The molecule has 0 aromatic heterocycles. The zero-order valence-corrected chi connectivity index (χ0v) is 12.0. The summed E-state index contributed by atoms with van der Waals surface area (Å²) >= 11 is 0. The quantitative estimate of drug-likeness (QED) is 0.546. The minimum atomic E-state index is 1.05. The predicted octanol–water partition coefficient (Wildman–Crippen LogP) is 4.60. The standard InChI is InChI=1S/C18H28/c1-9-3-11-7-12(4-9)18-16-8-15(17(11)18)13-5-10(2)6-14(13)16/h9-18H,3-8H2,1-2H3. The van der Waals surface area contributed by atoms with E-state index in [1.807, 2.05) is 0 Å². The molecule has 0 saturated heterocycles. The molecule has 0 spiro atoms. The highest BCUT2D eigenvalue weighted by molar-refractivity contribution is 5.14. The molecular formula is C18H28. The van der Waals surface area contributed by atoms with Crippen LogP contribution in [0.15, 0.2) is 0 Å². The predicted molar refractivity (Wildman–Crippen MR) is 74.0 cm³/mol. The summed E-state index contributed by atoms with van der Waals surface area (Å²) in [4.78, 5) is 0. The van der Waals surface area contributed by atoms with Crippen molar-refractivity contribution in [1.82, 2.24) is 0 Å². The van der Waals surface area contributed by atoms with Gasteiger partial charge in [0, 0.05) is 0 Å². The molecule has 0 N–H and O–H groups in total. The lowest BCUT2D eigenvalue weighted by atomic mass is 9.68. The Bertz CT molecular complexity index is 340. The van der Waals surface area contributed by atoms with Crippen LogP contribution in [0, 0.1) is 59.2 Å². The van der Waals surface area contributed by atoms with Gasteiger partial charge in [0.25, 0.3) is 0 Å². The van der Waals surface area contributed by atoms with Gasteiger partial charge in [-0.25, -0.2) is 0 Å². The molecule has 0 nitrogen and oxygen atoms in total. The van der Waals surface area contributed by atoms with E-state index in [1.54, 1.807) is 38.5 Å². The van der Waals surface area contributed by atoms with Crippen molar-refractivity contribution in [2.24, 2.45) is 59.2 Å². The molecule has 0 aliphatic heterocycles. The third-order valence-electron chi connectivity index (χ3n) is 8.08. The Hall–Kier alpha value is 0. The van der Waals surface area contributed by atoms with E-state index in [0.29, 0.717) is 0 Å². The fourth-order valence-corrected chi connectivity index (χ4v) is 8.15. The Labute approximate surface area is 112 Å². The molecule has 0 aromatic rings. The van der Waals surface area contributed by atoms with Crippen molar-refractivity contribution in [3.05, 3.63) is 0 Å². The average molecular weight is 244 g/mol. The molecule has 0 radical (unpaired) electrons. The summed E-state index contributed by atoms with van der Waals surface area (Å²) in [5.74, 6) is 11.6. The molecular weight excluding hydrogens is 216 g/mol. The van der Waals surface area contributed by atoms with E-state index < -0.39 is 0 Å².